The van der Waals surface area contributed by atoms with Crippen LogP contribution in [0.1, 0.15) is 6.42 Å². The Labute approximate surface area is 104 Å². The van der Waals surface area contributed by atoms with Crippen LogP contribution < -0.4 is 11.1 Å². The summed E-state index contributed by atoms with van der Waals surface area (Å²) in [6.07, 6.45) is 2.20. The van der Waals surface area contributed by atoms with Gasteiger partial charge >= 0.3 is 0 Å². The topological polar surface area (TPSA) is 84.1 Å². The molecule has 7 heteroatoms. The third-order valence-electron chi connectivity index (χ3n) is 1.82. The van der Waals surface area contributed by atoms with Crippen LogP contribution in [0.5, 0.6) is 0 Å². The summed E-state index contributed by atoms with van der Waals surface area (Å²) in [7, 11) is 0. The Bertz CT molecular complexity index is 326. The largest absolute Gasteiger partial charge is 0.396 e. The molecule has 0 aliphatic heterocycles. The Kier molecular flexibility index (Phi) is 6.29. The van der Waals surface area contributed by atoms with Gasteiger partial charge < -0.3 is 16.2 Å². The lowest BCUT2D eigenvalue weighted by molar-refractivity contribution is 0.296. The van der Waals surface area contributed by atoms with Gasteiger partial charge in [-0.2, -0.15) is 11.8 Å². The van der Waals surface area contributed by atoms with Crippen molar-refractivity contribution in [3.63, 3.8) is 0 Å². The molecule has 0 atom stereocenters. The summed E-state index contributed by atoms with van der Waals surface area (Å²) in [6, 6.07) is 0. The molecule has 1 rings (SSSR count). The van der Waals surface area contributed by atoms with E-state index in [1.807, 2.05) is 0 Å². The molecule has 0 radical (unpaired) electrons. The van der Waals surface area contributed by atoms with Crippen molar-refractivity contribution in [3.8, 4) is 0 Å². The van der Waals surface area contributed by atoms with Gasteiger partial charge in [0, 0.05) is 18.9 Å². The molecule has 0 aromatic carbocycles. The van der Waals surface area contributed by atoms with E-state index in [9.17, 15) is 0 Å². The number of rotatable bonds is 7. The second-order valence-corrected chi connectivity index (χ2v) is 4.63. The Hall–Kier alpha value is -0.720. The van der Waals surface area contributed by atoms with E-state index < -0.39 is 0 Å². The highest BCUT2D eigenvalue weighted by Crippen LogP contribution is 2.21. The molecule has 0 spiro atoms. The Morgan fingerprint density at radius 3 is 3.00 bits per heavy atom. The van der Waals surface area contributed by atoms with E-state index in [4.69, 9.17) is 22.4 Å². The fraction of sp³-hybridized carbons (Fsp3) is 0.556. The van der Waals surface area contributed by atoms with Crippen molar-refractivity contribution < 1.29 is 5.11 Å². The van der Waals surface area contributed by atoms with Crippen molar-refractivity contribution >= 4 is 34.9 Å². The molecule has 0 bridgehead atoms. The first-order valence-corrected chi connectivity index (χ1v) is 6.47. The number of nitrogens with two attached hydrogens (primary N) is 1. The highest BCUT2D eigenvalue weighted by atomic mass is 35.5. The number of aliphatic hydroxyl groups is 1. The fourth-order valence-electron chi connectivity index (χ4n) is 1.03. The van der Waals surface area contributed by atoms with Crippen LogP contribution in [0, 0.1) is 0 Å². The van der Waals surface area contributed by atoms with Crippen LogP contribution in [0.2, 0.25) is 5.15 Å². The number of aliphatic hydroxyl groups excluding tert-OH is 1. The Morgan fingerprint density at radius 1 is 1.44 bits per heavy atom. The standard InChI is InChI=1S/C9H15ClN4OS/c10-8-7(11)9(14-6-13-8)12-2-5-16-4-1-3-15/h6,15H,1-5,11H2,(H,12,13,14). The van der Waals surface area contributed by atoms with Gasteiger partial charge in [0.15, 0.2) is 11.0 Å². The second-order valence-electron chi connectivity index (χ2n) is 3.04. The number of halogens is 1. The average Bonchev–Trinajstić information content (AvgIpc) is 2.29. The zero-order valence-electron chi connectivity index (χ0n) is 8.82. The van der Waals surface area contributed by atoms with Crippen LogP contribution in [-0.4, -0.2) is 39.7 Å². The van der Waals surface area contributed by atoms with E-state index in [0.29, 0.717) is 11.5 Å². The molecule has 0 saturated heterocycles. The van der Waals surface area contributed by atoms with Crippen molar-refractivity contribution in [1.82, 2.24) is 9.97 Å². The first-order chi connectivity index (χ1) is 7.75. The van der Waals surface area contributed by atoms with Crippen LogP contribution in [0.15, 0.2) is 6.33 Å². The molecular weight excluding hydrogens is 248 g/mol. The molecule has 90 valence electrons. The summed E-state index contributed by atoms with van der Waals surface area (Å²) in [5.74, 6) is 2.46. The maximum absolute atomic E-state index is 8.59. The average molecular weight is 263 g/mol. The predicted octanol–water partition coefficient (Wildman–Crippen LogP) is 1.24. The second kappa shape index (κ2) is 7.54. The van der Waals surface area contributed by atoms with Crippen molar-refractivity contribution in [2.45, 2.75) is 6.42 Å². The predicted molar refractivity (Wildman–Crippen MR) is 69.0 cm³/mol. The van der Waals surface area contributed by atoms with E-state index in [2.05, 4.69) is 15.3 Å². The maximum Gasteiger partial charge on any atom is 0.157 e. The summed E-state index contributed by atoms with van der Waals surface area (Å²) in [5, 5.41) is 11.9. The van der Waals surface area contributed by atoms with Crippen molar-refractivity contribution in [1.29, 1.82) is 0 Å². The van der Waals surface area contributed by atoms with Gasteiger partial charge in [0.25, 0.3) is 0 Å². The maximum atomic E-state index is 8.59. The van der Waals surface area contributed by atoms with E-state index >= 15 is 0 Å². The normalized spacial score (nSPS) is 10.4. The van der Waals surface area contributed by atoms with Gasteiger partial charge in [-0.1, -0.05) is 11.6 Å². The molecule has 5 nitrogen and oxygen atoms in total. The van der Waals surface area contributed by atoms with Gasteiger partial charge in [0.05, 0.1) is 0 Å². The van der Waals surface area contributed by atoms with Crippen LogP contribution in [0.4, 0.5) is 11.5 Å². The van der Waals surface area contributed by atoms with Crippen molar-refractivity contribution in [2.75, 3.05) is 35.7 Å². The fourth-order valence-corrected chi connectivity index (χ4v) is 1.94. The first kappa shape index (κ1) is 13.3. The summed E-state index contributed by atoms with van der Waals surface area (Å²) in [6.45, 7) is 1.00. The van der Waals surface area contributed by atoms with Gasteiger partial charge in [-0.05, 0) is 12.2 Å². The van der Waals surface area contributed by atoms with E-state index in [1.54, 1.807) is 11.8 Å². The molecule has 4 N–H and O–H groups in total. The molecule has 1 aromatic rings. The number of anilines is 2. The van der Waals surface area contributed by atoms with Gasteiger partial charge in [-0.25, -0.2) is 9.97 Å². The molecule has 0 amide bonds. The highest BCUT2D eigenvalue weighted by molar-refractivity contribution is 7.99. The molecule has 0 aliphatic rings. The minimum Gasteiger partial charge on any atom is -0.396 e. The monoisotopic (exact) mass is 262 g/mol. The number of nitrogen functional groups attached to an aromatic ring is 1. The van der Waals surface area contributed by atoms with Gasteiger partial charge in [0.2, 0.25) is 0 Å². The molecule has 16 heavy (non-hydrogen) atoms. The Balaban J connectivity index is 2.24. The van der Waals surface area contributed by atoms with Gasteiger partial charge in [-0.3, -0.25) is 0 Å². The number of hydrogen-bond donors (Lipinski definition) is 3. The summed E-state index contributed by atoms with van der Waals surface area (Å²) in [4.78, 5) is 7.76. The quantitative estimate of drug-likeness (QED) is 0.507. The molecule has 1 aromatic heterocycles. The molecular formula is C9H15ClN4OS. The number of aromatic nitrogens is 2. The van der Waals surface area contributed by atoms with Gasteiger partial charge in [0.1, 0.15) is 12.0 Å². The third kappa shape index (κ3) is 4.42. The molecule has 0 unspecified atom stereocenters. The zero-order chi connectivity index (χ0) is 11.8. The molecule has 0 aliphatic carbocycles. The van der Waals surface area contributed by atoms with E-state index in [1.165, 1.54) is 6.33 Å². The zero-order valence-corrected chi connectivity index (χ0v) is 10.4. The van der Waals surface area contributed by atoms with Crippen LogP contribution in [-0.2, 0) is 0 Å². The lowest BCUT2D eigenvalue weighted by atomic mass is 10.5. The Morgan fingerprint density at radius 2 is 2.25 bits per heavy atom. The number of nitrogens with zero attached hydrogens (tertiary/aromatic N) is 2. The first-order valence-electron chi connectivity index (χ1n) is 4.94. The smallest absolute Gasteiger partial charge is 0.157 e. The summed E-state index contributed by atoms with van der Waals surface area (Å²) < 4.78 is 0. The van der Waals surface area contributed by atoms with Crippen molar-refractivity contribution in [2.24, 2.45) is 0 Å². The molecule has 0 fully saturated rings. The van der Waals surface area contributed by atoms with Crippen molar-refractivity contribution in [3.05, 3.63) is 11.5 Å². The summed E-state index contributed by atoms with van der Waals surface area (Å²) >= 11 is 7.51. The minimum atomic E-state index is 0.245. The number of hydrogen-bond acceptors (Lipinski definition) is 6. The van der Waals surface area contributed by atoms with Gasteiger partial charge in [-0.15, -0.1) is 0 Å². The number of thioether (sulfide) groups is 1. The van der Waals surface area contributed by atoms with E-state index in [-0.39, 0.29) is 11.8 Å². The third-order valence-corrected chi connectivity index (χ3v) is 3.19. The molecule has 0 saturated carbocycles. The number of nitrogens with one attached hydrogen (secondary N) is 1. The summed E-state index contributed by atoms with van der Waals surface area (Å²) in [5.41, 5.74) is 6.06. The minimum absolute atomic E-state index is 0.245. The highest BCUT2D eigenvalue weighted by Gasteiger charge is 2.04. The SMILES string of the molecule is Nc1c(Cl)ncnc1NCCSCCCO. The van der Waals surface area contributed by atoms with Crippen LogP contribution in [0.3, 0.4) is 0 Å². The lowest BCUT2D eigenvalue weighted by Crippen LogP contribution is -2.09. The van der Waals surface area contributed by atoms with Crippen LogP contribution in [0.25, 0.3) is 0 Å². The molecule has 1 heterocycles. The van der Waals surface area contributed by atoms with E-state index in [0.717, 1.165) is 24.5 Å². The lowest BCUT2D eigenvalue weighted by Gasteiger charge is -2.07. The van der Waals surface area contributed by atoms with Crippen LogP contribution >= 0.6 is 23.4 Å².